The number of benzene rings is 2. The molecule has 0 radical (unpaired) electrons. The lowest BCUT2D eigenvalue weighted by Gasteiger charge is -2.18. The van der Waals surface area contributed by atoms with Gasteiger partial charge in [-0.3, -0.25) is 4.79 Å². The van der Waals surface area contributed by atoms with Gasteiger partial charge in [-0.1, -0.05) is 19.9 Å². The van der Waals surface area contributed by atoms with Crippen molar-refractivity contribution in [2.24, 2.45) is 5.10 Å². The van der Waals surface area contributed by atoms with Gasteiger partial charge in [0.1, 0.15) is 0 Å². The summed E-state index contributed by atoms with van der Waals surface area (Å²) in [7, 11) is -3.85. The molecule has 0 aliphatic rings. The third kappa shape index (κ3) is 4.49. The smallest absolute Gasteiger partial charge is 0.267 e. The van der Waals surface area contributed by atoms with Crippen LogP contribution in [0, 0.1) is 29.1 Å². The van der Waals surface area contributed by atoms with Crippen molar-refractivity contribution in [3.05, 3.63) is 64.5 Å². The van der Waals surface area contributed by atoms with E-state index in [1.54, 1.807) is 13.8 Å². The number of halogens is 5. The fourth-order valence-corrected chi connectivity index (χ4v) is 3.97. The Morgan fingerprint density at radius 2 is 1.53 bits per heavy atom. The largest absolute Gasteiger partial charge is 0.271 e. The van der Waals surface area contributed by atoms with E-state index in [0.29, 0.717) is 0 Å². The average Bonchev–Trinajstić information content (AvgIpc) is 2.74. The summed E-state index contributed by atoms with van der Waals surface area (Å²) in [6.45, 7) is 3.71. The molecule has 2 rings (SSSR count). The number of hydrogen-bond donors (Lipinski definition) is 1. The predicted octanol–water partition coefficient (Wildman–Crippen LogP) is 3.18. The maximum atomic E-state index is 13.6. The number of carbonyl (C=O) groups excluding carboxylic acids is 1. The fourth-order valence-electron chi connectivity index (χ4n) is 2.47. The Kier molecular flexibility index (Phi) is 7.26. The molecule has 0 unspecified atom stereocenters. The third-order valence-corrected chi connectivity index (χ3v) is 6.09. The number of sulfonamides is 1. The normalized spacial score (nSPS) is 12.0. The quantitative estimate of drug-likeness (QED) is 0.232. The second kappa shape index (κ2) is 9.30. The van der Waals surface area contributed by atoms with Crippen LogP contribution < -0.4 is 5.43 Å². The molecule has 0 fully saturated rings. The van der Waals surface area contributed by atoms with Gasteiger partial charge < -0.3 is 0 Å². The Labute approximate surface area is 169 Å². The van der Waals surface area contributed by atoms with Gasteiger partial charge in [0.2, 0.25) is 15.8 Å². The zero-order valence-electron chi connectivity index (χ0n) is 15.7. The van der Waals surface area contributed by atoms with E-state index in [1.807, 2.05) is 5.43 Å². The number of hydrogen-bond acceptors (Lipinski definition) is 4. The molecule has 6 nitrogen and oxygen atoms in total. The Morgan fingerprint density at radius 1 is 1.00 bits per heavy atom. The number of rotatable bonds is 7. The van der Waals surface area contributed by atoms with Crippen molar-refractivity contribution in [2.75, 3.05) is 13.1 Å². The van der Waals surface area contributed by atoms with E-state index < -0.39 is 50.6 Å². The average molecular weight is 449 g/mol. The molecule has 2 aromatic rings. The highest BCUT2D eigenvalue weighted by molar-refractivity contribution is 7.89. The first-order chi connectivity index (χ1) is 14.1. The van der Waals surface area contributed by atoms with Gasteiger partial charge in [0.05, 0.1) is 16.7 Å². The van der Waals surface area contributed by atoms with E-state index in [4.69, 9.17) is 0 Å². The molecule has 0 spiro atoms. The van der Waals surface area contributed by atoms with Crippen LogP contribution in [0.25, 0.3) is 0 Å². The first kappa shape index (κ1) is 23.4. The van der Waals surface area contributed by atoms with E-state index in [2.05, 4.69) is 5.10 Å². The first-order valence-corrected chi connectivity index (χ1v) is 9.95. The Balaban J connectivity index is 2.27. The van der Waals surface area contributed by atoms with Crippen molar-refractivity contribution < 1.29 is 35.2 Å². The maximum absolute atomic E-state index is 13.6. The molecule has 0 aromatic heterocycles. The highest BCUT2D eigenvalue weighted by Crippen LogP contribution is 2.21. The summed E-state index contributed by atoms with van der Waals surface area (Å²) in [5.41, 5.74) is 0.344. The number of hydrazone groups is 1. The second-order valence-corrected chi connectivity index (χ2v) is 7.74. The van der Waals surface area contributed by atoms with Crippen LogP contribution in [-0.2, 0) is 10.0 Å². The van der Waals surface area contributed by atoms with Crippen LogP contribution in [0.3, 0.4) is 0 Å². The van der Waals surface area contributed by atoms with E-state index in [0.717, 1.165) is 6.07 Å². The molecule has 162 valence electrons. The van der Waals surface area contributed by atoms with Crippen molar-refractivity contribution in [3.63, 3.8) is 0 Å². The summed E-state index contributed by atoms with van der Waals surface area (Å²) in [5, 5.41) is 3.19. The minimum atomic E-state index is -3.85. The van der Waals surface area contributed by atoms with Crippen LogP contribution in [0.4, 0.5) is 22.0 Å². The summed E-state index contributed by atoms with van der Waals surface area (Å²) in [6.07, 6.45) is 0.255. The zero-order valence-corrected chi connectivity index (χ0v) is 16.5. The summed E-state index contributed by atoms with van der Waals surface area (Å²) >= 11 is 0. The van der Waals surface area contributed by atoms with Gasteiger partial charge >= 0.3 is 0 Å². The number of nitrogens with one attached hydrogen (secondary N) is 1. The van der Waals surface area contributed by atoms with Gasteiger partial charge in [-0.25, -0.2) is 35.8 Å². The Morgan fingerprint density at radius 3 is 2.07 bits per heavy atom. The molecule has 0 saturated carbocycles. The molecule has 0 aliphatic carbocycles. The molecule has 0 heterocycles. The third-order valence-electron chi connectivity index (χ3n) is 4.04. The minimum absolute atomic E-state index is 0.155. The van der Waals surface area contributed by atoms with E-state index in [1.165, 1.54) is 22.5 Å². The molecule has 12 heteroatoms. The molecule has 2 aromatic carbocycles. The van der Waals surface area contributed by atoms with Crippen LogP contribution >= 0.6 is 0 Å². The van der Waals surface area contributed by atoms with Crippen molar-refractivity contribution >= 4 is 22.1 Å². The van der Waals surface area contributed by atoms with Crippen molar-refractivity contribution in [1.29, 1.82) is 0 Å². The van der Waals surface area contributed by atoms with Gasteiger partial charge in [0.15, 0.2) is 23.3 Å². The van der Waals surface area contributed by atoms with Crippen molar-refractivity contribution in [2.45, 2.75) is 18.7 Å². The lowest BCUT2D eigenvalue weighted by molar-refractivity contribution is 0.0955. The van der Waals surface area contributed by atoms with Crippen LogP contribution in [0.5, 0.6) is 0 Å². The highest BCUT2D eigenvalue weighted by atomic mass is 32.2. The summed E-state index contributed by atoms with van der Waals surface area (Å²) in [5.74, 6) is -11.8. The van der Waals surface area contributed by atoms with Gasteiger partial charge in [0.25, 0.3) is 5.91 Å². The number of amides is 1. The van der Waals surface area contributed by atoms with E-state index in [9.17, 15) is 35.2 Å². The van der Waals surface area contributed by atoms with Crippen molar-refractivity contribution in [3.8, 4) is 0 Å². The van der Waals surface area contributed by atoms with Crippen molar-refractivity contribution in [1.82, 2.24) is 9.73 Å². The standard InChI is InChI=1S/C18H16F5N3O3S/c1-3-26(4-2)30(28,29)11-7-5-6-10(8-11)18(27)25-24-9-12-13(19)15(21)17(23)16(22)14(12)20/h5-9H,3-4H2,1-2H3,(H,25,27)/b24-9+. The summed E-state index contributed by atoms with van der Waals surface area (Å²) < 4.78 is 92.7. The molecule has 0 bridgehead atoms. The fraction of sp³-hybridized carbons (Fsp3) is 0.222. The lowest BCUT2D eigenvalue weighted by atomic mass is 10.2. The molecule has 0 atom stereocenters. The van der Waals surface area contributed by atoms with Crippen LogP contribution in [-0.4, -0.2) is 37.9 Å². The number of carbonyl (C=O) groups is 1. The topological polar surface area (TPSA) is 78.8 Å². The molecule has 0 saturated heterocycles. The Hall–Kier alpha value is -2.86. The first-order valence-electron chi connectivity index (χ1n) is 8.51. The van der Waals surface area contributed by atoms with Gasteiger partial charge in [0, 0.05) is 18.7 Å². The van der Waals surface area contributed by atoms with Crippen LogP contribution in [0.2, 0.25) is 0 Å². The predicted molar refractivity (Wildman–Crippen MR) is 97.8 cm³/mol. The number of nitrogens with zero attached hydrogens (tertiary/aromatic N) is 2. The van der Waals surface area contributed by atoms with Crippen LogP contribution in [0.1, 0.15) is 29.8 Å². The summed E-state index contributed by atoms with van der Waals surface area (Å²) in [6, 6.07) is 4.91. The SMILES string of the molecule is CCN(CC)S(=O)(=O)c1cccc(C(=O)N/N=C/c2c(F)c(F)c(F)c(F)c2F)c1. The molecule has 0 aliphatic heterocycles. The van der Waals surface area contributed by atoms with E-state index >= 15 is 0 Å². The van der Waals surface area contributed by atoms with Gasteiger partial charge in [-0.15, -0.1) is 0 Å². The molecular weight excluding hydrogens is 433 g/mol. The van der Waals surface area contributed by atoms with Crippen LogP contribution in [0.15, 0.2) is 34.3 Å². The monoisotopic (exact) mass is 449 g/mol. The molecular formula is C18H16F5N3O3S. The zero-order chi connectivity index (χ0) is 22.6. The molecule has 1 N–H and O–H groups in total. The summed E-state index contributed by atoms with van der Waals surface area (Å²) in [4.78, 5) is 12.0. The minimum Gasteiger partial charge on any atom is -0.267 e. The van der Waals surface area contributed by atoms with E-state index in [-0.39, 0.29) is 29.8 Å². The maximum Gasteiger partial charge on any atom is 0.271 e. The second-order valence-electron chi connectivity index (χ2n) is 5.80. The Bertz CT molecular complexity index is 1070. The lowest BCUT2D eigenvalue weighted by Crippen LogP contribution is -2.30. The van der Waals surface area contributed by atoms with Gasteiger partial charge in [-0.2, -0.15) is 9.41 Å². The van der Waals surface area contributed by atoms with Gasteiger partial charge in [-0.05, 0) is 18.2 Å². The molecule has 1 amide bonds. The highest BCUT2D eigenvalue weighted by Gasteiger charge is 2.25. The molecule has 30 heavy (non-hydrogen) atoms.